The SMILES string of the molecule is CCC(C)OC1CCC(OC(C)CC(CC)OC2CC(C)(C)N(O)C(C)(C)C2)CC1. The Labute approximate surface area is 185 Å². The van der Waals surface area contributed by atoms with Crippen molar-refractivity contribution in [2.75, 3.05) is 0 Å². The summed E-state index contributed by atoms with van der Waals surface area (Å²) in [5, 5.41) is 12.1. The van der Waals surface area contributed by atoms with Gasteiger partial charge in [-0.3, -0.25) is 0 Å². The van der Waals surface area contributed by atoms with Crippen LogP contribution in [0.4, 0.5) is 0 Å². The van der Waals surface area contributed by atoms with Gasteiger partial charge in [0, 0.05) is 11.1 Å². The highest BCUT2D eigenvalue weighted by Crippen LogP contribution is 2.38. The van der Waals surface area contributed by atoms with Crippen LogP contribution >= 0.6 is 0 Å². The molecule has 1 N–H and O–H groups in total. The quantitative estimate of drug-likeness (QED) is 0.455. The first-order valence-corrected chi connectivity index (χ1v) is 12.4. The third kappa shape index (κ3) is 7.44. The fourth-order valence-electron chi connectivity index (χ4n) is 5.35. The molecule has 30 heavy (non-hydrogen) atoms. The van der Waals surface area contributed by atoms with Crippen molar-refractivity contribution in [3.63, 3.8) is 0 Å². The van der Waals surface area contributed by atoms with Gasteiger partial charge in [0.25, 0.3) is 0 Å². The van der Waals surface area contributed by atoms with Gasteiger partial charge in [0.2, 0.25) is 0 Å². The van der Waals surface area contributed by atoms with Gasteiger partial charge in [0.15, 0.2) is 0 Å². The second-order valence-corrected chi connectivity index (χ2v) is 11.1. The van der Waals surface area contributed by atoms with E-state index in [1.54, 1.807) is 0 Å². The van der Waals surface area contributed by atoms with Crippen LogP contribution in [0.2, 0.25) is 0 Å². The van der Waals surface area contributed by atoms with Crippen molar-refractivity contribution in [3.05, 3.63) is 0 Å². The van der Waals surface area contributed by atoms with E-state index < -0.39 is 0 Å². The number of nitrogens with zero attached hydrogens (tertiary/aromatic N) is 1. The van der Waals surface area contributed by atoms with Crippen LogP contribution in [0.3, 0.4) is 0 Å². The number of hydrogen-bond donors (Lipinski definition) is 1. The van der Waals surface area contributed by atoms with Gasteiger partial charge in [-0.2, -0.15) is 5.06 Å². The second-order valence-electron chi connectivity index (χ2n) is 11.1. The van der Waals surface area contributed by atoms with Gasteiger partial charge < -0.3 is 19.4 Å². The van der Waals surface area contributed by atoms with Crippen LogP contribution in [-0.2, 0) is 14.2 Å². The number of ether oxygens (including phenoxy) is 3. The van der Waals surface area contributed by atoms with Crippen molar-refractivity contribution in [1.82, 2.24) is 5.06 Å². The van der Waals surface area contributed by atoms with Crippen LogP contribution in [-0.4, -0.2) is 58.0 Å². The molecule has 5 nitrogen and oxygen atoms in total. The molecule has 0 aromatic rings. The second kappa shape index (κ2) is 11.1. The molecular formula is C25H49NO4. The summed E-state index contributed by atoms with van der Waals surface area (Å²) in [5.74, 6) is 0. The minimum Gasteiger partial charge on any atom is -0.375 e. The molecule has 0 spiro atoms. The van der Waals surface area contributed by atoms with E-state index in [-0.39, 0.29) is 29.4 Å². The average Bonchev–Trinajstić information content (AvgIpc) is 2.66. The third-order valence-electron chi connectivity index (χ3n) is 7.08. The van der Waals surface area contributed by atoms with E-state index >= 15 is 0 Å². The summed E-state index contributed by atoms with van der Waals surface area (Å²) in [5.41, 5.74) is -0.550. The van der Waals surface area contributed by atoms with Crippen molar-refractivity contribution >= 4 is 0 Å². The zero-order valence-corrected chi connectivity index (χ0v) is 20.9. The summed E-state index contributed by atoms with van der Waals surface area (Å²) in [6.07, 6.45) is 10.8. The van der Waals surface area contributed by atoms with Crippen LogP contribution in [0.1, 0.15) is 113 Å². The van der Waals surface area contributed by atoms with Crippen molar-refractivity contribution in [3.8, 4) is 0 Å². The topological polar surface area (TPSA) is 51.2 Å². The zero-order chi connectivity index (χ0) is 22.5. The lowest BCUT2D eigenvalue weighted by Crippen LogP contribution is -2.60. The Kier molecular flexibility index (Phi) is 9.63. The molecule has 0 aromatic heterocycles. The van der Waals surface area contributed by atoms with Gasteiger partial charge in [-0.15, -0.1) is 0 Å². The molecule has 178 valence electrons. The summed E-state index contributed by atoms with van der Waals surface area (Å²) in [7, 11) is 0. The van der Waals surface area contributed by atoms with Crippen LogP contribution in [0.15, 0.2) is 0 Å². The monoisotopic (exact) mass is 427 g/mol. The molecule has 1 heterocycles. The Balaban J connectivity index is 1.78. The van der Waals surface area contributed by atoms with Crippen molar-refractivity contribution in [1.29, 1.82) is 0 Å². The van der Waals surface area contributed by atoms with E-state index in [1.807, 2.05) is 0 Å². The van der Waals surface area contributed by atoms with Crippen molar-refractivity contribution in [2.24, 2.45) is 0 Å². The van der Waals surface area contributed by atoms with Crippen molar-refractivity contribution in [2.45, 2.75) is 161 Å². The van der Waals surface area contributed by atoms with Gasteiger partial charge >= 0.3 is 0 Å². The molecule has 0 amide bonds. The van der Waals surface area contributed by atoms with E-state index in [0.29, 0.717) is 18.3 Å². The predicted molar refractivity (Wildman–Crippen MR) is 122 cm³/mol. The number of piperidine rings is 1. The van der Waals surface area contributed by atoms with Gasteiger partial charge in [-0.25, -0.2) is 0 Å². The molecule has 3 unspecified atom stereocenters. The van der Waals surface area contributed by atoms with Crippen LogP contribution in [0.5, 0.6) is 0 Å². The maximum atomic E-state index is 10.5. The molecule has 1 aliphatic heterocycles. The fraction of sp³-hybridized carbons (Fsp3) is 1.00. The Morgan fingerprint density at radius 3 is 1.67 bits per heavy atom. The highest BCUT2D eigenvalue weighted by atomic mass is 16.5. The Bertz CT molecular complexity index is 483. The molecule has 1 saturated heterocycles. The van der Waals surface area contributed by atoms with Crippen LogP contribution < -0.4 is 0 Å². The summed E-state index contributed by atoms with van der Waals surface area (Å²) in [6.45, 7) is 17.1. The highest BCUT2D eigenvalue weighted by molar-refractivity contribution is 4.97. The number of hydroxylamine groups is 2. The lowest BCUT2D eigenvalue weighted by Gasteiger charge is -2.51. The Morgan fingerprint density at radius 1 is 0.767 bits per heavy atom. The first-order chi connectivity index (χ1) is 14.0. The Morgan fingerprint density at radius 2 is 1.23 bits per heavy atom. The predicted octanol–water partition coefficient (Wildman–Crippen LogP) is 6.11. The molecule has 2 fully saturated rings. The maximum Gasteiger partial charge on any atom is 0.0615 e. The van der Waals surface area contributed by atoms with Crippen LogP contribution in [0.25, 0.3) is 0 Å². The average molecular weight is 428 g/mol. The number of rotatable bonds is 10. The molecule has 3 atom stereocenters. The van der Waals surface area contributed by atoms with Gasteiger partial charge in [-0.05, 0) is 99.3 Å². The maximum absolute atomic E-state index is 10.5. The minimum absolute atomic E-state index is 0.170. The van der Waals surface area contributed by atoms with Gasteiger partial charge in [0.1, 0.15) is 0 Å². The first kappa shape index (κ1) is 26.1. The molecule has 0 aromatic carbocycles. The molecule has 0 radical (unpaired) electrons. The molecule has 2 aliphatic rings. The molecule has 1 saturated carbocycles. The first-order valence-electron chi connectivity index (χ1n) is 12.4. The third-order valence-corrected chi connectivity index (χ3v) is 7.08. The summed E-state index contributed by atoms with van der Waals surface area (Å²) in [6, 6.07) is 0. The largest absolute Gasteiger partial charge is 0.375 e. The van der Waals surface area contributed by atoms with E-state index in [4.69, 9.17) is 14.2 Å². The highest BCUT2D eigenvalue weighted by Gasteiger charge is 2.46. The van der Waals surface area contributed by atoms with E-state index in [9.17, 15) is 5.21 Å². The van der Waals surface area contributed by atoms with Crippen LogP contribution in [0, 0.1) is 0 Å². The standard InChI is InChI=1S/C25H49NO4/c1-9-18(3)28-21-11-13-22(14-12-21)29-19(4)15-20(10-2)30-23-16-24(5,6)26(27)25(7,8)17-23/h18-23,27H,9-17H2,1-8H3. The normalized spacial score (nSPS) is 30.7. The summed E-state index contributed by atoms with van der Waals surface area (Å²) < 4.78 is 19.1. The molecule has 2 rings (SSSR count). The van der Waals surface area contributed by atoms with Gasteiger partial charge in [0.05, 0.1) is 36.6 Å². The molecule has 0 bridgehead atoms. The molecule has 1 aliphatic carbocycles. The minimum atomic E-state index is -0.275. The lowest BCUT2D eigenvalue weighted by molar-refractivity contribution is -0.265. The fourth-order valence-corrected chi connectivity index (χ4v) is 5.35. The van der Waals surface area contributed by atoms with Gasteiger partial charge in [-0.1, -0.05) is 13.8 Å². The number of hydrogen-bond acceptors (Lipinski definition) is 5. The van der Waals surface area contributed by atoms with E-state index in [0.717, 1.165) is 57.8 Å². The van der Waals surface area contributed by atoms with E-state index in [2.05, 4.69) is 55.4 Å². The smallest absolute Gasteiger partial charge is 0.0615 e. The summed E-state index contributed by atoms with van der Waals surface area (Å²) in [4.78, 5) is 0. The summed E-state index contributed by atoms with van der Waals surface area (Å²) >= 11 is 0. The van der Waals surface area contributed by atoms with E-state index in [1.165, 1.54) is 5.06 Å². The zero-order valence-electron chi connectivity index (χ0n) is 20.9. The molecule has 5 heteroatoms. The molecular weight excluding hydrogens is 378 g/mol. The lowest BCUT2D eigenvalue weighted by atomic mass is 9.80. The Hall–Kier alpha value is -0.200. The van der Waals surface area contributed by atoms with Crippen molar-refractivity contribution < 1.29 is 19.4 Å².